The van der Waals surface area contributed by atoms with E-state index in [1.54, 1.807) is 19.1 Å². The van der Waals surface area contributed by atoms with Crippen LogP contribution in [0.15, 0.2) is 39.9 Å². The van der Waals surface area contributed by atoms with E-state index in [9.17, 15) is 4.39 Å². The average molecular weight is 367 g/mol. The normalized spacial score (nSPS) is 11.3. The Labute approximate surface area is 146 Å². The number of rotatable bonds is 5. The smallest absolute Gasteiger partial charge is 0.216 e. The Hall–Kier alpha value is -2.45. The van der Waals surface area contributed by atoms with Crippen LogP contribution in [0.4, 0.5) is 4.39 Å². The van der Waals surface area contributed by atoms with E-state index in [0.717, 1.165) is 0 Å². The summed E-state index contributed by atoms with van der Waals surface area (Å²) in [7, 11) is 0. The van der Waals surface area contributed by atoms with Gasteiger partial charge >= 0.3 is 0 Å². The molecular formula is C15H12ClFN4O2S. The molecule has 9 heteroatoms. The minimum Gasteiger partial charge on any atom is -0.484 e. The van der Waals surface area contributed by atoms with Gasteiger partial charge in [-0.25, -0.2) is 4.39 Å². The van der Waals surface area contributed by atoms with Crippen LogP contribution in [0, 0.1) is 17.5 Å². The first-order valence-electron chi connectivity index (χ1n) is 6.88. The van der Waals surface area contributed by atoms with Crippen LogP contribution in [0.25, 0.3) is 0 Å². The first kappa shape index (κ1) is 16.4. The van der Waals surface area contributed by atoms with Gasteiger partial charge in [-0.2, -0.15) is 14.9 Å². The van der Waals surface area contributed by atoms with Gasteiger partial charge < -0.3 is 9.15 Å². The number of furan rings is 1. The summed E-state index contributed by atoms with van der Waals surface area (Å²) >= 11 is 11.0. The number of ether oxygens (including phenoxy) is 1. The molecule has 0 saturated carbocycles. The van der Waals surface area contributed by atoms with Crippen molar-refractivity contribution in [3.63, 3.8) is 0 Å². The largest absolute Gasteiger partial charge is 0.484 e. The molecule has 0 atom stereocenters. The minimum atomic E-state index is -0.419. The van der Waals surface area contributed by atoms with Crippen LogP contribution < -0.4 is 4.74 Å². The van der Waals surface area contributed by atoms with E-state index in [1.807, 2.05) is 0 Å². The molecule has 0 aliphatic carbocycles. The zero-order valence-corrected chi connectivity index (χ0v) is 14.1. The zero-order chi connectivity index (χ0) is 17.1. The SMILES string of the molecule is Cc1n[nH]c(=S)n1/N=C/c1ccc(COc2ccc(F)cc2Cl)o1. The Bertz CT molecular complexity index is 947. The maximum Gasteiger partial charge on any atom is 0.216 e. The highest BCUT2D eigenvalue weighted by molar-refractivity contribution is 7.71. The van der Waals surface area contributed by atoms with Crippen molar-refractivity contribution < 1.29 is 13.5 Å². The summed E-state index contributed by atoms with van der Waals surface area (Å²) in [4.78, 5) is 0. The second-order valence-corrected chi connectivity index (χ2v) is 5.59. The van der Waals surface area contributed by atoms with E-state index in [-0.39, 0.29) is 11.6 Å². The van der Waals surface area contributed by atoms with Gasteiger partial charge in [0.05, 0.1) is 11.2 Å². The molecule has 0 radical (unpaired) electrons. The number of benzene rings is 1. The van der Waals surface area contributed by atoms with Gasteiger partial charge in [-0.15, -0.1) is 0 Å². The molecule has 6 nitrogen and oxygen atoms in total. The van der Waals surface area contributed by atoms with Gasteiger partial charge in [-0.1, -0.05) is 11.6 Å². The Morgan fingerprint density at radius 3 is 3.00 bits per heavy atom. The van der Waals surface area contributed by atoms with Crippen LogP contribution in [0.1, 0.15) is 17.3 Å². The number of hydrogen-bond donors (Lipinski definition) is 1. The van der Waals surface area contributed by atoms with E-state index in [2.05, 4.69) is 15.3 Å². The monoisotopic (exact) mass is 366 g/mol. The predicted molar refractivity (Wildman–Crippen MR) is 89.6 cm³/mol. The molecule has 0 saturated heterocycles. The number of nitrogens with zero attached hydrogens (tertiary/aromatic N) is 3. The van der Waals surface area contributed by atoms with Gasteiger partial charge in [-0.05, 0) is 49.5 Å². The highest BCUT2D eigenvalue weighted by Crippen LogP contribution is 2.25. The van der Waals surface area contributed by atoms with E-state index < -0.39 is 5.82 Å². The molecule has 1 aromatic carbocycles. The molecule has 0 aliphatic rings. The van der Waals surface area contributed by atoms with Crippen molar-refractivity contribution in [1.29, 1.82) is 0 Å². The highest BCUT2D eigenvalue weighted by Gasteiger charge is 2.06. The van der Waals surface area contributed by atoms with E-state index in [1.165, 1.54) is 29.1 Å². The lowest BCUT2D eigenvalue weighted by Gasteiger charge is -2.05. The lowest BCUT2D eigenvalue weighted by Crippen LogP contribution is -1.95. The predicted octanol–water partition coefficient (Wildman–Crippen LogP) is 4.10. The Morgan fingerprint density at radius 2 is 2.29 bits per heavy atom. The van der Waals surface area contributed by atoms with Gasteiger partial charge in [0.15, 0.2) is 0 Å². The zero-order valence-electron chi connectivity index (χ0n) is 12.5. The molecular weight excluding hydrogens is 355 g/mol. The van der Waals surface area contributed by atoms with E-state index >= 15 is 0 Å². The van der Waals surface area contributed by atoms with Crippen molar-refractivity contribution in [3.05, 3.63) is 63.3 Å². The number of halogens is 2. The molecule has 0 unspecified atom stereocenters. The summed E-state index contributed by atoms with van der Waals surface area (Å²) in [6.07, 6.45) is 1.52. The Balaban J connectivity index is 1.66. The van der Waals surface area contributed by atoms with Crippen LogP contribution in [0.5, 0.6) is 5.75 Å². The molecule has 0 spiro atoms. The van der Waals surface area contributed by atoms with Gasteiger partial charge in [0.1, 0.15) is 35.5 Å². The van der Waals surface area contributed by atoms with Gasteiger partial charge in [0.25, 0.3) is 0 Å². The fraction of sp³-hybridized carbons (Fsp3) is 0.133. The van der Waals surface area contributed by atoms with Crippen molar-refractivity contribution in [1.82, 2.24) is 14.9 Å². The third-order valence-electron chi connectivity index (χ3n) is 3.06. The molecule has 3 aromatic rings. The minimum absolute atomic E-state index is 0.156. The van der Waals surface area contributed by atoms with Crippen LogP contribution >= 0.6 is 23.8 Å². The standard InChI is InChI=1S/C15H12ClFN4O2S/c1-9-19-20-15(24)21(9)18-7-11-3-4-12(23-11)8-22-14-5-2-10(17)6-13(14)16/h2-7H,8H2,1H3,(H,20,24)/b18-7+. The summed E-state index contributed by atoms with van der Waals surface area (Å²) in [5, 5.41) is 11.0. The second kappa shape index (κ2) is 6.98. The van der Waals surface area contributed by atoms with Gasteiger partial charge in [-0.3, -0.25) is 5.10 Å². The topological polar surface area (TPSA) is 68.3 Å². The maximum absolute atomic E-state index is 13.0. The Kier molecular flexibility index (Phi) is 4.77. The lowest BCUT2D eigenvalue weighted by atomic mass is 10.3. The number of H-pyrrole nitrogens is 1. The van der Waals surface area contributed by atoms with Crippen LogP contribution in [-0.4, -0.2) is 21.1 Å². The molecule has 0 fully saturated rings. The third-order valence-corrected chi connectivity index (χ3v) is 3.62. The van der Waals surface area contributed by atoms with Crippen LogP contribution in [0.3, 0.4) is 0 Å². The molecule has 24 heavy (non-hydrogen) atoms. The maximum atomic E-state index is 13.0. The molecule has 3 rings (SSSR count). The Morgan fingerprint density at radius 1 is 1.46 bits per heavy atom. The molecule has 2 aromatic heterocycles. The molecule has 0 aliphatic heterocycles. The second-order valence-electron chi connectivity index (χ2n) is 4.80. The number of hydrogen-bond acceptors (Lipinski definition) is 5. The van der Waals surface area contributed by atoms with Crippen molar-refractivity contribution >= 4 is 30.0 Å². The van der Waals surface area contributed by atoms with Crippen LogP contribution in [0.2, 0.25) is 5.02 Å². The summed E-state index contributed by atoms with van der Waals surface area (Å²) in [6.45, 7) is 1.93. The van der Waals surface area contributed by atoms with Crippen molar-refractivity contribution in [2.75, 3.05) is 0 Å². The van der Waals surface area contributed by atoms with Gasteiger partial charge in [0, 0.05) is 0 Å². The van der Waals surface area contributed by atoms with Gasteiger partial charge in [0.2, 0.25) is 4.77 Å². The lowest BCUT2D eigenvalue weighted by molar-refractivity contribution is 0.269. The number of nitrogens with one attached hydrogen (secondary N) is 1. The summed E-state index contributed by atoms with van der Waals surface area (Å²) in [5.74, 6) is 1.70. The summed E-state index contributed by atoms with van der Waals surface area (Å²) in [5.41, 5.74) is 0. The number of aromatic nitrogens is 3. The van der Waals surface area contributed by atoms with Crippen molar-refractivity contribution in [2.24, 2.45) is 5.10 Å². The molecule has 0 bridgehead atoms. The fourth-order valence-corrected chi connectivity index (χ4v) is 2.35. The highest BCUT2D eigenvalue weighted by atomic mass is 35.5. The van der Waals surface area contributed by atoms with Crippen LogP contribution in [-0.2, 0) is 6.61 Å². The summed E-state index contributed by atoms with van der Waals surface area (Å²) < 4.78 is 25.9. The molecule has 0 amide bonds. The van der Waals surface area contributed by atoms with Crippen molar-refractivity contribution in [3.8, 4) is 5.75 Å². The first-order chi connectivity index (χ1) is 11.5. The van der Waals surface area contributed by atoms with Crippen molar-refractivity contribution in [2.45, 2.75) is 13.5 Å². The first-order valence-corrected chi connectivity index (χ1v) is 7.66. The number of aryl methyl sites for hydroxylation is 1. The number of aromatic amines is 1. The summed E-state index contributed by atoms with van der Waals surface area (Å²) in [6, 6.07) is 7.42. The quantitative estimate of drug-likeness (QED) is 0.545. The third kappa shape index (κ3) is 3.72. The molecule has 1 N–H and O–H groups in total. The fourth-order valence-electron chi connectivity index (χ4n) is 1.90. The van der Waals surface area contributed by atoms with E-state index in [0.29, 0.717) is 27.9 Å². The van der Waals surface area contributed by atoms with E-state index in [4.69, 9.17) is 33.0 Å². The average Bonchev–Trinajstić information content (AvgIpc) is 3.12. The molecule has 2 heterocycles. The molecule has 124 valence electrons.